The van der Waals surface area contributed by atoms with Gasteiger partial charge in [-0.25, -0.2) is 4.79 Å². The molecule has 1 aromatic heterocycles. The van der Waals surface area contributed by atoms with Crippen molar-refractivity contribution in [3.05, 3.63) is 17.5 Å². The topological polar surface area (TPSA) is 87.5 Å². The smallest absolute Gasteiger partial charge is 0.317 e. The van der Waals surface area contributed by atoms with Crippen LogP contribution in [0, 0.1) is 11.8 Å². The van der Waals surface area contributed by atoms with Crippen LogP contribution in [-0.4, -0.2) is 44.9 Å². The average molecular weight is 308 g/mol. The van der Waals surface area contributed by atoms with E-state index in [2.05, 4.69) is 10.4 Å². The molecule has 1 saturated heterocycles. The lowest BCUT2D eigenvalue weighted by Gasteiger charge is -2.34. The van der Waals surface area contributed by atoms with Crippen molar-refractivity contribution in [2.45, 2.75) is 33.2 Å². The Hall–Kier alpha value is -2.05. The van der Waals surface area contributed by atoms with Gasteiger partial charge in [0.15, 0.2) is 0 Å². The second-order valence-corrected chi connectivity index (χ2v) is 6.07. The summed E-state index contributed by atoms with van der Waals surface area (Å²) in [6.45, 7) is 5.30. The summed E-state index contributed by atoms with van der Waals surface area (Å²) in [5.74, 6) is -1.10. The minimum absolute atomic E-state index is 0.199. The van der Waals surface area contributed by atoms with Crippen LogP contribution in [0.3, 0.4) is 0 Å². The summed E-state index contributed by atoms with van der Waals surface area (Å²) >= 11 is 0. The first-order valence-corrected chi connectivity index (χ1v) is 7.67. The summed E-state index contributed by atoms with van der Waals surface area (Å²) in [5, 5.41) is 16.4. The zero-order valence-corrected chi connectivity index (χ0v) is 13.4. The fraction of sp³-hybridized carbons (Fsp3) is 0.667. The number of piperidine rings is 1. The van der Waals surface area contributed by atoms with Crippen molar-refractivity contribution in [2.75, 3.05) is 13.1 Å². The second-order valence-electron chi connectivity index (χ2n) is 6.07. The van der Waals surface area contributed by atoms with Crippen molar-refractivity contribution >= 4 is 12.0 Å². The molecular weight excluding hydrogens is 284 g/mol. The van der Waals surface area contributed by atoms with Crippen molar-refractivity contribution in [3.63, 3.8) is 0 Å². The number of carbonyl (C=O) groups is 2. The van der Waals surface area contributed by atoms with Gasteiger partial charge in [0.1, 0.15) is 0 Å². The maximum absolute atomic E-state index is 12.3. The molecule has 2 atom stereocenters. The maximum Gasteiger partial charge on any atom is 0.317 e. The van der Waals surface area contributed by atoms with E-state index >= 15 is 0 Å². The Balaban J connectivity index is 1.95. The number of urea groups is 1. The van der Waals surface area contributed by atoms with Crippen LogP contribution in [0.1, 0.15) is 31.5 Å². The molecule has 2 N–H and O–H groups in total. The Morgan fingerprint density at radius 2 is 2.18 bits per heavy atom. The number of carbonyl (C=O) groups excluding carboxylic acids is 1. The van der Waals surface area contributed by atoms with E-state index in [1.54, 1.807) is 9.58 Å². The zero-order chi connectivity index (χ0) is 16.3. The molecule has 0 bridgehead atoms. The van der Waals surface area contributed by atoms with Crippen LogP contribution < -0.4 is 5.32 Å². The molecule has 0 aliphatic carbocycles. The van der Waals surface area contributed by atoms with Gasteiger partial charge in [0.05, 0.1) is 11.6 Å². The molecular formula is C15H24N4O3. The average Bonchev–Trinajstić information content (AvgIpc) is 2.84. The number of carboxylic acids is 1. The first kappa shape index (κ1) is 16.3. The molecule has 1 aromatic rings. The van der Waals surface area contributed by atoms with Gasteiger partial charge >= 0.3 is 12.0 Å². The van der Waals surface area contributed by atoms with Gasteiger partial charge in [0.25, 0.3) is 0 Å². The molecule has 0 spiro atoms. The molecule has 2 unspecified atom stereocenters. The first-order valence-electron chi connectivity index (χ1n) is 7.67. The lowest BCUT2D eigenvalue weighted by atomic mass is 9.91. The molecule has 1 aliphatic rings. The summed E-state index contributed by atoms with van der Waals surface area (Å²) in [6.07, 6.45) is 3.34. The summed E-state index contributed by atoms with van der Waals surface area (Å²) in [6, 6.07) is -0.205. The minimum Gasteiger partial charge on any atom is -0.481 e. The van der Waals surface area contributed by atoms with E-state index in [1.807, 2.05) is 27.1 Å². The van der Waals surface area contributed by atoms with Crippen molar-refractivity contribution < 1.29 is 14.7 Å². The van der Waals surface area contributed by atoms with Crippen molar-refractivity contribution in [1.29, 1.82) is 0 Å². The van der Waals surface area contributed by atoms with Crippen LogP contribution in [0.2, 0.25) is 0 Å². The van der Waals surface area contributed by atoms with Gasteiger partial charge in [-0.1, -0.05) is 13.8 Å². The Morgan fingerprint density at radius 3 is 2.82 bits per heavy atom. The van der Waals surface area contributed by atoms with Crippen LogP contribution in [0.4, 0.5) is 4.79 Å². The van der Waals surface area contributed by atoms with Gasteiger partial charge in [-0.3, -0.25) is 9.48 Å². The van der Waals surface area contributed by atoms with Crippen molar-refractivity contribution in [2.24, 2.45) is 18.9 Å². The van der Waals surface area contributed by atoms with Crippen LogP contribution >= 0.6 is 0 Å². The van der Waals surface area contributed by atoms with Gasteiger partial charge in [-0.15, -0.1) is 0 Å². The largest absolute Gasteiger partial charge is 0.481 e. The fourth-order valence-corrected chi connectivity index (χ4v) is 3.01. The van der Waals surface area contributed by atoms with Crippen molar-refractivity contribution in [1.82, 2.24) is 20.0 Å². The minimum atomic E-state index is -0.829. The highest BCUT2D eigenvalue weighted by atomic mass is 16.4. The van der Waals surface area contributed by atoms with E-state index in [1.165, 1.54) is 0 Å². The van der Waals surface area contributed by atoms with E-state index in [4.69, 9.17) is 5.11 Å². The zero-order valence-electron chi connectivity index (χ0n) is 13.4. The van der Waals surface area contributed by atoms with Gasteiger partial charge < -0.3 is 15.3 Å². The number of rotatable bonds is 4. The number of aromatic nitrogens is 2. The standard InChI is InChI=1S/C15H24N4O3/c1-4-13-12(8-18(3)17-13)6-16-15(22)19-7-10(2)5-11(9-19)14(20)21/h8,10-11H,4-7,9H2,1-3H3,(H,16,22)(H,20,21). The number of nitrogens with zero attached hydrogens (tertiary/aromatic N) is 3. The van der Waals surface area contributed by atoms with E-state index < -0.39 is 11.9 Å². The number of amides is 2. The molecule has 2 heterocycles. The predicted molar refractivity (Wildman–Crippen MR) is 81.3 cm³/mol. The molecule has 0 aromatic carbocycles. The molecule has 1 aliphatic heterocycles. The summed E-state index contributed by atoms with van der Waals surface area (Å²) < 4.78 is 1.74. The lowest BCUT2D eigenvalue weighted by molar-refractivity contribution is -0.143. The van der Waals surface area contributed by atoms with Crippen LogP contribution in [0.5, 0.6) is 0 Å². The Morgan fingerprint density at radius 1 is 1.45 bits per heavy atom. The number of nitrogens with one attached hydrogen (secondary N) is 1. The third kappa shape index (κ3) is 3.78. The van der Waals surface area contributed by atoms with Crippen LogP contribution in [-0.2, 0) is 24.8 Å². The monoisotopic (exact) mass is 308 g/mol. The number of aliphatic carboxylic acids is 1. The van der Waals surface area contributed by atoms with E-state index in [0.717, 1.165) is 17.7 Å². The summed E-state index contributed by atoms with van der Waals surface area (Å²) in [7, 11) is 1.86. The van der Waals surface area contributed by atoms with Gasteiger partial charge in [-0.05, 0) is 18.8 Å². The van der Waals surface area contributed by atoms with E-state index in [-0.39, 0.29) is 18.5 Å². The summed E-state index contributed by atoms with van der Waals surface area (Å²) in [5.41, 5.74) is 1.97. The highest BCUT2D eigenvalue weighted by Gasteiger charge is 2.31. The number of hydrogen-bond donors (Lipinski definition) is 2. The van der Waals surface area contributed by atoms with Crippen molar-refractivity contribution in [3.8, 4) is 0 Å². The number of aryl methyl sites for hydroxylation is 2. The van der Waals surface area contributed by atoms with Crippen LogP contribution in [0.15, 0.2) is 6.20 Å². The van der Waals surface area contributed by atoms with Gasteiger partial charge in [-0.2, -0.15) is 5.10 Å². The fourth-order valence-electron chi connectivity index (χ4n) is 3.01. The molecule has 2 rings (SSSR count). The first-order chi connectivity index (χ1) is 10.4. The Labute approximate surface area is 130 Å². The molecule has 7 heteroatoms. The normalized spacial score (nSPS) is 21.7. The maximum atomic E-state index is 12.3. The third-order valence-electron chi connectivity index (χ3n) is 4.05. The Kier molecular flexibility index (Phi) is 5.05. The molecule has 122 valence electrons. The molecule has 7 nitrogen and oxygen atoms in total. The molecule has 0 saturated carbocycles. The Bertz CT molecular complexity index is 555. The van der Waals surface area contributed by atoms with Gasteiger partial charge in [0.2, 0.25) is 0 Å². The lowest BCUT2D eigenvalue weighted by Crippen LogP contribution is -2.49. The molecule has 2 amide bonds. The number of likely N-dealkylation sites (tertiary alicyclic amines) is 1. The molecule has 22 heavy (non-hydrogen) atoms. The molecule has 0 radical (unpaired) electrons. The van der Waals surface area contributed by atoms with Gasteiger partial charge in [0, 0.05) is 38.4 Å². The number of hydrogen-bond acceptors (Lipinski definition) is 3. The van der Waals surface area contributed by atoms with Crippen LogP contribution in [0.25, 0.3) is 0 Å². The SMILES string of the molecule is CCc1nn(C)cc1CNC(=O)N1CC(C)CC(C(=O)O)C1. The highest BCUT2D eigenvalue weighted by Crippen LogP contribution is 2.21. The third-order valence-corrected chi connectivity index (χ3v) is 4.05. The molecule has 1 fully saturated rings. The quantitative estimate of drug-likeness (QED) is 0.876. The second kappa shape index (κ2) is 6.81. The highest BCUT2D eigenvalue weighted by molar-refractivity contribution is 5.76. The predicted octanol–water partition coefficient (Wildman–Crippen LogP) is 1.23. The number of carboxylic acid groups (broad SMARTS) is 1. The summed E-state index contributed by atoms with van der Waals surface area (Å²) in [4.78, 5) is 25.1. The van der Waals surface area contributed by atoms with E-state index in [0.29, 0.717) is 19.5 Å². The van der Waals surface area contributed by atoms with E-state index in [9.17, 15) is 9.59 Å².